The molecule has 0 N–H and O–H groups in total. The molecule has 3 aromatic carbocycles. The van der Waals surface area contributed by atoms with Crippen molar-refractivity contribution in [2.75, 3.05) is 28.4 Å². The Bertz CT molecular complexity index is 945. The molecule has 5 heteroatoms. The van der Waals surface area contributed by atoms with Crippen LogP contribution in [0.15, 0.2) is 54.6 Å². The van der Waals surface area contributed by atoms with Crippen LogP contribution in [-0.4, -0.2) is 39.2 Å². The molecule has 0 heterocycles. The topological polar surface area (TPSA) is 48.0 Å². The summed E-state index contributed by atoms with van der Waals surface area (Å²) in [6.45, 7) is 0.500. The minimum absolute atomic E-state index is 0.0953. The number of fused-ring (bicyclic) bond motifs is 1. The zero-order valence-corrected chi connectivity index (χ0v) is 16.0. The van der Waals surface area contributed by atoms with Gasteiger partial charge in [0.05, 0.1) is 21.3 Å². The fourth-order valence-corrected chi connectivity index (χ4v) is 3.00. The first-order valence-electron chi connectivity index (χ1n) is 8.59. The molecular formula is C22H23NO4. The molecule has 0 aliphatic carbocycles. The maximum atomic E-state index is 12.8. The van der Waals surface area contributed by atoms with Gasteiger partial charge in [0.15, 0.2) is 0 Å². The Morgan fingerprint density at radius 3 is 2.00 bits per heavy atom. The van der Waals surface area contributed by atoms with Crippen molar-refractivity contribution in [1.29, 1.82) is 0 Å². The van der Waals surface area contributed by atoms with Gasteiger partial charge in [0.2, 0.25) is 0 Å². The number of methoxy groups -OCH3 is 3. The molecule has 0 spiro atoms. The van der Waals surface area contributed by atoms with E-state index in [1.165, 1.54) is 0 Å². The molecule has 0 radical (unpaired) electrons. The van der Waals surface area contributed by atoms with E-state index in [9.17, 15) is 4.79 Å². The lowest BCUT2D eigenvalue weighted by molar-refractivity contribution is 0.0784. The molecule has 3 aromatic rings. The zero-order chi connectivity index (χ0) is 19.4. The van der Waals surface area contributed by atoms with Gasteiger partial charge in [0, 0.05) is 25.2 Å². The van der Waals surface area contributed by atoms with Gasteiger partial charge in [-0.05, 0) is 46.7 Å². The van der Waals surface area contributed by atoms with Crippen molar-refractivity contribution in [2.24, 2.45) is 0 Å². The summed E-state index contributed by atoms with van der Waals surface area (Å²) in [6, 6.07) is 17.3. The van der Waals surface area contributed by atoms with Crippen LogP contribution in [0.3, 0.4) is 0 Å². The van der Waals surface area contributed by atoms with Crippen molar-refractivity contribution in [1.82, 2.24) is 4.90 Å². The molecule has 0 aliphatic heterocycles. The monoisotopic (exact) mass is 365 g/mol. The lowest BCUT2D eigenvalue weighted by Crippen LogP contribution is -2.26. The summed E-state index contributed by atoms with van der Waals surface area (Å²) in [5, 5.41) is 2.21. The summed E-state index contributed by atoms with van der Waals surface area (Å²) in [5.41, 5.74) is 1.58. The van der Waals surface area contributed by atoms with Crippen molar-refractivity contribution in [3.8, 4) is 17.2 Å². The SMILES string of the molecule is COc1cc(OC)cc(C(=O)N(C)Cc2ccc3cc(OC)ccc3c2)c1. The number of hydrogen-bond donors (Lipinski definition) is 0. The lowest BCUT2D eigenvalue weighted by atomic mass is 10.1. The van der Waals surface area contributed by atoms with E-state index >= 15 is 0 Å². The number of nitrogens with zero attached hydrogens (tertiary/aromatic N) is 1. The molecule has 27 heavy (non-hydrogen) atoms. The van der Waals surface area contributed by atoms with Crippen molar-refractivity contribution < 1.29 is 19.0 Å². The molecule has 0 fully saturated rings. The Hall–Kier alpha value is -3.21. The molecule has 3 rings (SSSR count). The van der Waals surface area contributed by atoms with E-state index in [0.717, 1.165) is 22.1 Å². The Balaban J connectivity index is 1.81. The maximum Gasteiger partial charge on any atom is 0.254 e. The Labute approximate surface area is 159 Å². The second-order valence-electron chi connectivity index (χ2n) is 6.31. The normalized spacial score (nSPS) is 10.5. The van der Waals surface area contributed by atoms with Gasteiger partial charge in [-0.2, -0.15) is 0 Å². The van der Waals surface area contributed by atoms with Gasteiger partial charge in [-0.15, -0.1) is 0 Å². The summed E-state index contributed by atoms with van der Waals surface area (Å²) in [4.78, 5) is 14.5. The number of ether oxygens (including phenoxy) is 3. The third-order valence-electron chi connectivity index (χ3n) is 4.48. The minimum Gasteiger partial charge on any atom is -0.497 e. The van der Waals surface area contributed by atoms with Crippen LogP contribution in [0.1, 0.15) is 15.9 Å². The van der Waals surface area contributed by atoms with Crippen LogP contribution in [0, 0.1) is 0 Å². The van der Waals surface area contributed by atoms with Crippen LogP contribution >= 0.6 is 0 Å². The van der Waals surface area contributed by atoms with Crippen LogP contribution in [0.2, 0.25) is 0 Å². The Morgan fingerprint density at radius 2 is 1.37 bits per heavy atom. The number of amides is 1. The molecule has 0 saturated carbocycles. The first-order chi connectivity index (χ1) is 13.0. The second-order valence-corrected chi connectivity index (χ2v) is 6.31. The summed E-state index contributed by atoms with van der Waals surface area (Å²) in [5.74, 6) is 1.91. The number of carbonyl (C=O) groups excluding carboxylic acids is 1. The molecule has 0 bridgehead atoms. The minimum atomic E-state index is -0.0953. The summed E-state index contributed by atoms with van der Waals surface area (Å²) in [6.07, 6.45) is 0. The molecule has 0 unspecified atom stereocenters. The van der Waals surface area contributed by atoms with Gasteiger partial charge in [-0.1, -0.05) is 18.2 Å². The molecule has 140 valence electrons. The molecule has 5 nitrogen and oxygen atoms in total. The predicted octanol–water partition coefficient (Wildman–Crippen LogP) is 4.14. The third kappa shape index (κ3) is 4.14. The van der Waals surface area contributed by atoms with Crippen LogP contribution in [-0.2, 0) is 6.54 Å². The lowest BCUT2D eigenvalue weighted by Gasteiger charge is -2.18. The van der Waals surface area contributed by atoms with Gasteiger partial charge < -0.3 is 19.1 Å². The van der Waals surface area contributed by atoms with Crippen LogP contribution in [0.4, 0.5) is 0 Å². The number of hydrogen-bond acceptors (Lipinski definition) is 4. The molecular weight excluding hydrogens is 342 g/mol. The Kier molecular flexibility index (Phi) is 5.50. The highest BCUT2D eigenvalue weighted by Gasteiger charge is 2.15. The zero-order valence-electron chi connectivity index (χ0n) is 16.0. The molecule has 0 aliphatic rings. The summed E-state index contributed by atoms with van der Waals surface area (Å²) >= 11 is 0. The summed E-state index contributed by atoms with van der Waals surface area (Å²) in [7, 11) is 6.57. The highest BCUT2D eigenvalue weighted by Crippen LogP contribution is 2.25. The highest BCUT2D eigenvalue weighted by atomic mass is 16.5. The van der Waals surface area contributed by atoms with Gasteiger partial charge in [-0.3, -0.25) is 4.79 Å². The summed E-state index contributed by atoms with van der Waals surface area (Å²) < 4.78 is 15.8. The first-order valence-corrected chi connectivity index (χ1v) is 8.59. The van der Waals surface area contributed by atoms with E-state index in [4.69, 9.17) is 14.2 Å². The standard InChI is InChI=1S/C22H23NO4/c1-23(22(24)18-11-20(26-3)13-21(12-18)27-4)14-15-5-6-17-10-19(25-2)8-7-16(17)9-15/h5-13H,14H2,1-4H3. The smallest absolute Gasteiger partial charge is 0.254 e. The maximum absolute atomic E-state index is 12.8. The van der Waals surface area contributed by atoms with Crippen molar-refractivity contribution in [3.63, 3.8) is 0 Å². The quantitative estimate of drug-likeness (QED) is 0.659. The molecule has 0 aromatic heterocycles. The third-order valence-corrected chi connectivity index (χ3v) is 4.48. The van der Waals surface area contributed by atoms with Gasteiger partial charge in [0.1, 0.15) is 17.2 Å². The van der Waals surface area contributed by atoms with E-state index in [2.05, 4.69) is 6.07 Å². The van der Waals surface area contributed by atoms with Crippen molar-refractivity contribution in [2.45, 2.75) is 6.54 Å². The van der Waals surface area contributed by atoms with E-state index in [1.807, 2.05) is 30.3 Å². The second kappa shape index (κ2) is 7.99. The van der Waals surface area contributed by atoms with E-state index in [1.54, 1.807) is 51.5 Å². The average Bonchev–Trinajstić information content (AvgIpc) is 2.72. The predicted molar refractivity (Wildman–Crippen MR) is 106 cm³/mol. The first kappa shape index (κ1) is 18.6. The largest absolute Gasteiger partial charge is 0.497 e. The number of carbonyl (C=O) groups is 1. The van der Waals surface area contributed by atoms with Crippen molar-refractivity contribution >= 4 is 16.7 Å². The fraction of sp³-hybridized carbons (Fsp3) is 0.227. The Morgan fingerprint density at radius 1 is 0.778 bits per heavy atom. The number of rotatable bonds is 6. The molecule has 1 amide bonds. The van der Waals surface area contributed by atoms with Gasteiger partial charge in [-0.25, -0.2) is 0 Å². The van der Waals surface area contributed by atoms with E-state index < -0.39 is 0 Å². The van der Waals surface area contributed by atoms with Crippen LogP contribution in [0.25, 0.3) is 10.8 Å². The highest BCUT2D eigenvalue weighted by molar-refractivity contribution is 5.95. The van der Waals surface area contributed by atoms with E-state index in [-0.39, 0.29) is 5.91 Å². The fourth-order valence-electron chi connectivity index (χ4n) is 3.00. The van der Waals surface area contributed by atoms with Gasteiger partial charge in [0.25, 0.3) is 5.91 Å². The average molecular weight is 365 g/mol. The molecule has 0 saturated heterocycles. The number of benzene rings is 3. The van der Waals surface area contributed by atoms with E-state index in [0.29, 0.717) is 23.6 Å². The molecule has 0 atom stereocenters. The van der Waals surface area contributed by atoms with Crippen molar-refractivity contribution in [3.05, 3.63) is 65.7 Å². The van der Waals surface area contributed by atoms with Gasteiger partial charge >= 0.3 is 0 Å². The van der Waals surface area contributed by atoms with Crippen LogP contribution in [0.5, 0.6) is 17.2 Å². The van der Waals surface area contributed by atoms with Crippen LogP contribution < -0.4 is 14.2 Å².